The van der Waals surface area contributed by atoms with Crippen molar-refractivity contribution in [2.45, 2.75) is 0 Å². The molecule has 136 valence electrons. The van der Waals surface area contributed by atoms with Gasteiger partial charge in [0.1, 0.15) is 17.3 Å². The highest BCUT2D eigenvalue weighted by Crippen LogP contribution is 2.29. The lowest BCUT2D eigenvalue weighted by Crippen LogP contribution is -2.17. The fourth-order valence-electron chi connectivity index (χ4n) is 2.46. The normalized spacial score (nSPS) is 10.4. The van der Waals surface area contributed by atoms with E-state index in [1.165, 1.54) is 30.3 Å². The number of benzene rings is 2. The zero-order valence-electron chi connectivity index (χ0n) is 13.6. The maximum absolute atomic E-state index is 14.0. The van der Waals surface area contributed by atoms with Crippen molar-refractivity contribution in [1.82, 2.24) is 10.2 Å². The van der Waals surface area contributed by atoms with Crippen LogP contribution in [0.5, 0.6) is 0 Å². The van der Waals surface area contributed by atoms with E-state index >= 15 is 0 Å². The zero-order valence-corrected chi connectivity index (χ0v) is 13.6. The van der Waals surface area contributed by atoms with Crippen LogP contribution < -0.4 is 11.1 Å². The predicted molar refractivity (Wildman–Crippen MR) is 92.6 cm³/mol. The van der Waals surface area contributed by atoms with Crippen molar-refractivity contribution in [2.24, 2.45) is 5.73 Å². The Labute approximate surface area is 151 Å². The first-order valence-electron chi connectivity index (χ1n) is 7.59. The molecule has 0 atom stereocenters. The molecule has 1 aromatic heterocycles. The van der Waals surface area contributed by atoms with E-state index in [-0.39, 0.29) is 28.3 Å². The van der Waals surface area contributed by atoms with Gasteiger partial charge in [-0.3, -0.25) is 4.79 Å². The van der Waals surface area contributed by atoms with Crippen molar-refractivity contribution in [3.63, 3.8) is 0 Å². The second-order valence-electron chi connectivity index (χ2n) is 5.43. The highest BCUT2D eigenvalue weighted by Gasteiger charge is 2.19. The van der Waals surface area contributed by atoms with Gasteiger partial charge in [-0.25, -0.2) is 13.6 Å². The van der Waals surface area contributed by atoms with Crippen molar-refractivity contribution < 1.29 is 23.5 Å². The second-order valence-corrected chi connectivity index (χ2v) is 5.43. The highest BCUT2D eigenvalue weighted by atomic mass is 19.1. The molecule has 4 N–H and O–H groups in total. The molecule has 0 aliphatic carbocycles. The number of aromatic carboxylic acids is 1. The number of carboxylic acids is 1. The first kappa shape index (κ1) is 17.9. The molecule has 0 radical (unpaired) electrons. The molecule has 1 heterocycles. The van der Waals surface area contributed by atoms with Gasteiger partial charge >= 0.3 is 5.97 Å². The Morgan fingerprint density at radius 1 is 0.963 bits per heavy atom. The lowest BCUT2D eigenvalue weighted by Gasteiger charge is -2.13. The fourth-order valence-corrected chi connectivity index (χ4v) is 2.46. The molecular weight excluding hydrogens is 358 g/mol. The molecule has 0 saturated heterocycles. The molecule has 2 aromatic carbocycles. The van der Waals surface area contributed by atoms with Crippen LogP contribution >= 0.6 is 0 Å². The molecule has 0 aliphatic heterocycles. The number of carbonyl (C=O) groups excluding carboxylic acids is 1. The molecule has 7 nitrogen and oxygen atoms in total. The SMILES string of the molecule is NC(=O)c1nnc(-c2c(F)cccc2F)cc1Nc1ccccc1C(=O)O. The van der Waals surface area contributed by atoms with E-state index in [9.17, 15) is 23.5 Å². The summed E-state index contributed by atoms with van der Waals surface area (Å²) in [6, 6.07) is 10.4. The van der Waals surface area contributed by atoms with Gasteiger partial charge < -0.3 is 16.2 Å². The van der Waals surface area contributed by atoms with Crippen LogP contribution in [0.15, 0.2) is 48.5 Å². The molecule has 0 aliphatic rings. The largest absolute Gasteiger partial charge is 0.478 e. The molecule has 9 heteroatoms. The topological polar surface area (TPSA) is 118 Å². The average molecular weight is 370 g/mol. The molecule has 0 saturated carbocycles. The Morgan fingerprint density at radius 3 is 2.26 bits per heavy atom. The number of rotatable bonds is 5. The molecule has 3 rings (SSSR count). The van der Waals surface area contributed by atoms with Crippen LogP contribution in [0.4, 0.5) is 20.2 Å². The van der Waals surface area contributed by atoms with Crippen molar-refractivity contribution in [3.8, 4) is 11.3 Å². The van der Waals surface area contributed by atoms with Gasteiger partial charge in [-0.2, -0.15) is 0 Å². The quantitative estimate of drug-likeness (QED) is 0.635. The number of nitrogens with two attached hydrogens (primary N) is 1. The van der Waals surface area contributed by atoms with Gasteiger partial charge in [-0.05, 0) is 30.3 Å². The summed E-state index contributed by atoms with van der Waals surface area (Å²) in [6.45, 7) is 0. The van der Waals surface area contributed by atoms with Gasteiger partial charge in [0, 0.05) is 0 Å². The summed E-state index contributed by atoms with van der Waals surface area (Å²) < 4.78 is 28.1. The van der Waals surface area contributed by atoms with Gasteiger partial charge in [0.05, 0.1) is 22.5 Å². The van der Waals surface area contributed by atoms with Crippen LogP contribution in [0.2, 0.25) is 0 Å². The maximum Gasteiger partial charge on any atom is 0.337 e. The van der Waals surface area contributed by atoms with Gasteiger partial charge in [-0.15, -0.1) is 10.2 Å². The standard InChI is InChI=1S/C18H12F2N4O3/c19-10-5-3-6-11(20)15(10)13-8-14(16(17(21)25)24-23-13)22-12-7-2-1-4-9(12)18(26)27/h1-8H,(H2,21,25)(H,22,23)(H,26,27). The first-order chi connectivity index (χ1) is 12.9. The first-order valence-corrected chi connectivity index (χ1v) is 7.59. The lowest BCUT2D eigenvalue weighted by molar-refractivity contribution is 0.0697. The number of carbonyl (C=O) groups is 2. The Balaban J connectivity index is 2.14. The third kappa shape index (κ3) is 3.56. The second kappa shape index (κ2) is 7.16. The summed E-state index contributed by atoms with van der Waals surface area (Å²) in [6.07, 6.45) is 0. The van der Waals surface area contributed by atoms with E-state index in [1.54, 1.807) is 6.07 Å². The third-order valence-corrected chi connectivity index (χ3v) is 3.67. The number of hydrogen-bond acceptors (Lipinski definition) is 5. The molecule has 0 fully saturated rings. The average Bonchev–Trinajstić information content (AvgIpc) is 2.62. The molecular formula is C18H12F2N4O3. The minimum Gasteiger partial charge on any atom is -0.478 e. The minimum atomic E-state index is -1.21. The Morgan fingerprint density at radius 2 is 1.63 bits per heavy atom. The highest BCUT2D eigenvalue weighted by molar-refractivity contribution is 6.00. The summed E-state index contributed by atoms with van der Waals surface area (Å²) in [7, 11) is 0. The van der Waals surface area contributed by atoms with Crippen molar-refractivity contribution >= 4 is 23.3 Å². The van der Waals surface area contributed by atoms with Crippen LogP contribution in [-0.4, -0.2) is 27.2 Å². The zero-order chi connectivity index (χ0) is 19.6. The van der Waals surface area contributed by atoms with Crippen molar-refractivity contribution in [3.05, 3.63) is 71.4 Å². The van der Waals surface area contributed by atoms with Gasteiger partial charge in [0.15, 0.2) is 5.69 Å². The Bertz CT molecular complexity index is 1040. The number of primary amides is 1. The Kier molecular flexibility index (Phi) is 4.75. The molecule has 3 aromatic rings. The fraction of sp³-hybridized carbons (Fsp3) is 0. The van der Waals surface area contributed by atoms with Crippen LogP contribution in [-0.2, 0) is 0 Å². The number of aromatic nitrogens is 2. The number of nitrogens with zero attached hydrogens (tertiary/aromatic N) is 2. The number of hydrogen-bond donors (Lipinski definition) is 3. The van der Waals surface area contributed by atoms with Crippen LogP contribution in [0, 0.1) is 11.6 Å². The number of nitrogens with one attached hydrogen (secondary N) is 1. The van der Waals surface area contributed by atoms with E-state index in [0.29, 0.717) is 0 Å². The summed E-state index contributed by atoms with van der Waals surface area (Å²) in [5.41, 5.74) is 4.36. The van der Waals surface area contributed by atoms with Gasteiger partial charge in [-0.1, -0.05) is 18.2 Å². The van der Waals surface area contributed by atoms with Gasteiger partial charge in [0.2, 0.25) is 0 Å². The lowest BCUT2D eigenvalue weighted by atomic mass is 10.1. The van der Waals surface area contributed by atoms with E-state index in [1.807, 2.05) is 0 Å². The summed E-state index contributed by atoms with van der Waals surface area (Å²) in [5.74, 6) is -3.89. The summed E-state index contributed by atoms with van der Waals surface area (Å²) in [5, 5.41) is 19.3. The number of carboxylic acid groups (broad SMARTS) is 1. The maximum atomic E-state index is 14.0. The van der Waals surface area contributed by atoms with Crippen molar-refractivity contribution in [2.75, 3.05) is 5.32 Å². The number of amides is 1. The van der Waals surface area contributed by atoms with E-state index in [0.717, 1.165) is 12.1 Å². The number of para-hydroxylation sites is 1. The van der Waals surface area contributed by atoms with E-state index in [2.05, 4.69) is 15.5 Å². The smallest absolute Gasteiger partial charge is 0.337 e. The Hall–Kier alpha value is -3.88. The third-order valence-electron chi connectivity index (χ3n) is 3.67. The van der Waals surface area contributed by atoms with Gasteiger partial charge in [0.25, 0.3) is 5.91 Å². The minimum absolute atomic E-state index is 0.0381. The van der Waals surface area contributed by atoms with E-state index < -0.39 is 29.1 Å². The monoisotopic (exact) mass is 370 g/mol. The molecule has 27 heavy (non-hydrogen) atoms. The summed E-state index contributed by atoms with van der Waals surface area (Å²) in [4.78, 5) is 23.0. The predicted octanol–water partition coefficient (Wildman–Crippen LogP) is 2.96. The van der Waals surface area contributed by atoms with Crippen LogP contribution in [0.1, 0.15) is 20.8 Å². The molecule has 0 unspecified atom stereocenters. The van der Waals surface area contributed by atoms with Crippen LogP contribution in [0.3, 0.4) is 0 Å². The molecule has 0 spiro atoms. The number of halogens is 2. The van der Waals surface area contributed by atoms with Crippen LogP contribution in [0.25, 0.3) is 11.3 Å². The van der Waals surface area contributed by atoms with Crippen molar-refractivity contribution in [1.29, 1.82) is 0 Å². The van der Waals surface area contributed by atoms with E-state index in [4.69, 9.17) is 5.73 Å². The molecule has 1 amide bonds. The molecule has 0 bridgehead atoms. The number of anilines is 2. The summed E-state index contributed by atoms with van der Waals surface area (Å²) >= 11 is 0.